The van der Waals surface area contributed by atoms with Crippen molar-refractivity contribution in [2.75, 3.05) is 25.2 Å². The van der Waals surface area contributed by atoms with E-state index in [0.29, 0.717) is 28.6 Å². The van der Waals surface area contributed by atoms with Crippen LogP contribution in [0.2, 0.25) is 0 Å². The van der Waals surface area contributed by atoms with Gasteiger partial charge >= 0.3 is 0 Å². The van der Waals surface area contributed by atoms with Gasteiger partial charge in [0.2, 0.25) is 28.6 Å². The first kappa shape index (κ1) is 24.7. The summed E-state index contributed by atoms with van der Waals surface area (Å²) in [6.07, 6.45) is 1.46. The van der Waals surface area contributed by atoms with Crippen LogP contribution in [0.25, 0.3) is 11.3 Å². The quantitative estimate of drug-likeness (QED) is 0.365. The Labute approximate surface area is 217 Å². The summed E-state index contributed by atoms with van der Waals surface area (Å²) in [5, 5.41) is 5.47. The number of fused-ring (bicyclic) bond motifs is 1. The zero-order chi connectivity index (χ0) is 26.0. The molecule has 2 aromatic carbocycles. The molecule has 0 radical (unpaired) electrons. The number of anilines is 1. The number of hydrogen-bond acceptors (Lipinski definition) is 7. The molecule has 2 aliphatic rings. The predicted octanol–water partition coefficient (Wildman–Crippen LogP) is 3.05. The SMILES string of the molecule is CC(=O)NCCNS(=O)(=O)c1ccc(-c2cccc(NC(=O)C3(c4ccc5c(c4)OCO5)CC3)n2)cc1.[HH].[HH]. The fraction of sp³-hybridized carbons (Fsp3) is 0.269. The van der Waals surface area contributed by atoms with Crippen LogP contribution in [0.3, 0.4) is 0 Å². The first-order valence-corrected chi connectivity index (χ1v) is 13.3. The molecule has 1 aliphatic carbocycles. The van der Waals surface area contributed by atoms with Gasteiger partial charge in [-0.25, -0.2) is 18.1 Å². The zero-order valence-electron chi connectivity index (χ0n) is 20.1. The maximum Gasteiger partial charge on any atom is 0.240 e. The normalized spacial score (nSPS) is 15.2. The predicted molar refractivity (Wildman–Crippen MR) is 140 cm³/mol. The first-order valence-electron chi connectivity index (χ1n) is 11.8. The molecule has 1 aromatic heterocycles. The summed E-state index contributed by atoms with van der Waals surface area (Å²) in [5.41, 5.74) is 1.55. The zero-order valence-corrected chi connectivity index (χ0v) is 20.9. The van der Waals surface area contributed by atoms with E-state index in [4.69, 9.17) is 9.47 Å². The Morgan fingerprint density at radius 3 is 2.49 bits per heavy atom. The number of aromatic nitrogens is 1. The Balaban J connectivity index is 0.00000210. The number of pyridine rings is 1. The molecule has 0 bridgehead atoms. The lowest BCUT2D eigenvalue weighted by atomic mass is 9.94. The molecule has 196 valence electrons. The molecule has 0 unspecified atom stereocenters. The number of carbonyl (C=O) groups excluding carboxylic acids is 2. The highest BCUT2D eigenvalue weighted by Crippen LogP contribution is 2.51. The second-order valence-corrected chi connectivity index (χ2v) is 10.7. The van der Waals surface area contributed by atoms with Crippen LogP contribution in [0.5, 0.6) is 11.5 Å². The summed E-state index contributed by atoms with van der Waals surface area (Å²) in [6, 6.07) is 17.2. The molecular formula is C26H30N4O6S. The van der Waals surface area contributed by atoms with Crippen molar-refractivity contribution in [3.8, 4) is 22.8 Å². The minimum atomic E-state index is -3.72. The average Bonchev–Trinajstić information content (AvgIpc) is 3.57. The molecule has 0 atom stereocenters. The van der Waals surface area contributed by atoms with Crippen molar-refractivity contribution < 1.29 is 30.3 Å². The van der Waals surface area contributed by atoms with Gasteiger partial charge < -0.3 is 20.1 Å². The van der Waals surface area contributed by atoms with E-state index >= 15 is 0 Å². The van der Waals surface area contributed by atoms with Crippen LogP contribution in [0, 0.1) is 0 Å². The van der Waals surface area contributed by atoms with Crippen molar-refractivity contribution in [1.29, 1.82) is 0 Å². The minimum absolute atomic E-state index is 0. The van der Waals surface area contributed by atoms with Gasteiger partial charge in [0.25, 0.3) is 0 Å². The van der Waals surface area contributed by atoms with Crippen molar-refractivity contribution in [3.63, 3.8) is 0 Å². The molecule has 1 fully saturated rings. The molecule has 10 nitrogen and oxygen atoms in total. The van der Waals surface area contributed by atoms with Crippen molar-refractivity contribution in [1.82, 2.24) is 15.0 Å². The van der Waals surface area contributed by atoms with Crippen molar-refractivity contribution in [2.45, 2.75) is 30.1 Å². The van der Waals surface area contributed by atoms with Gasteiger partial charge in [-0.05, 0) is 54.8 Å². The highest BCUT2D eigenvalue weighted by atomic mass is 32.2. The minimum Gasteiger partial charge on any atom is -0.454 e. The summed E-state index contributed by atoms with van der Waals surface area (Å²) < 4.78 is 38.2. The first-order chi connectivity index (χ1) is 17.8. The number of hydrogen-bond donors (Lipinski definition) is 3. The van der Waals surface area contributed by atoms with Gasteiger partial charge in [-0.1, -0.05) is 24.3 Å². The molecular weight excluding hydrogens is 496 g/mol. The second kappa shape index (κ2) is 9.83. The van der Waals surface area contributed by atoms with Crippen LogP contribution in [-0.4, -0.2) is 45.1 Å². The lowest BCUT2D eigenvalue weighted by Gasteiger charge is -2.16. The maximum absolute atomic E-state index is 13.2. The van der Waals surface area contributed by atoms with Gasteiger partial charge in [0.15, 0.2) is 11.5 Å². The van der Waals surface area contributed by atoms with Gasteiger partial charge in [0.05, 0.1) is 16.0 Å². The molecule has 0 spiro atoms. The molecule has 11 heteroatoms. The highest BCUT2D eigenvalue weighted by Gasteiger charge is 2.51. The number of sulfonamides is 1. The van der Waals surface area contributed by atoms with E-state index in [0.717, 1.165) is 18.4 Å². The standard InChI is InChI=1S/C26H26N4O6S.2H2/c1-17(31)27-13-14-28-37(33,34)20-8-5-18(6-9-20)21-3-2-4-24(29-21)30-25(32)26(11-12-26)19-7-10-22-23(15-19)36-16-35-22;;/h2-10,15,28H,11-14,16H2,1H3,(H,27,31)(H,29,30,32);2*1H. The Hall–Kier alpha value is -3.96. The topological polar surface area (TPSA) is 136 Å². The van der Waals surface area contributed by atoms with E-state index in [9.17, 15) is 18.0 Å². The molecule has 1 aliphatic heterocycles. The molecule has 37 heavy (non-hydrogen) atoms. The molecule has 3 N–H and O–H groups in total. The summed E-state index contributed by atoms with van der Waals surface area (Å²) in [7, 11) is -3.72. The number of nitrogens with zero attached hydrogens (tertiary/aromatic N) is 1. The molecule has 1 saturated carbocycles. The fourth-order valence-electron chi connectivity index (χ4n) is 4.18. The largest absolute Gasteiger partial charge is 0.454 e. The van der Waals surface area contributed by atoms with Crippen LogP contribution in [-0.2, 0) is 25.0 Å². The van der Waals surface area contributed by atoms with E-state index in [1.165, 1.54) is 19.1 Å². The highest BCUT2D eigenvalue weighted by molar-refractivity contribution is 7.89. The van der Waals surface area contributed by atoms with Gasteiger partial charge in [-0.3, -0.25) is 9.59 Å². The number of rotatable bonds is 9. The maximum atomic E-state index is 13.2. The lowest BCUT2D eigenvalue weighted by Crippen LogP contribution is -2.33. The summed E-state index contributed by atoms with van der Waals surface area (Å²) >= 11 is 0. The van der Waals surface area contributed by atoms with Crippen molar-refractivity contribution in [2.24, 2.45) is 0 Å². The number of benzene rings is 2. The Morgan fingerprint density at radius 2 is 1.76 bits per heavy atom. The molecule has 0 saturated heterocycles. The smallest absolute Gasteiger partial charge is 0.240 e. The number of ether oxygens (including phenoxy) is 2. The molecule has 2 amide bonds. The van der Waals surface area contributed by atoms with Crippen LogP contribution >= 0.6 is 0 Å². The third-order valence-corrected chi connectivity index (χ3v) is 7.83. The van der Waals surface area contributed by atoms with Crippen molar-refractivity contribution >= 4 is 27.7 Å². The summed E-state index contributed by atoms with van der Waals surface area (Å²) in [4.78, 5) is 28.8. The molecule has 2 heterocycles. The van der Waals surface area contributed by atoms with Gasteiger partial charge in [0.1, 0.15) is 5.82 Å². The van der Waals surface area contributed by atoms with E-state index in [-0.39, 0.29) is 39.4 Å². The third-order valence-electron chi connectivity index (χ3n) is 6.35. The Morgan fingerprint density at radius 1 is 1.00 bits per heavy atom. The number of nitrogens with one attached hydrogen (secondary N) is 3. The average molecular weight is 527 g/mol. The van der Waals surface area contributed by atoms with E-state index in [2.05, 4.69) is 20.3 Å². The van der Waals surface area contributed by atoms with Gasteiger partial charge in [-0.2, -0.15) is 0 Å². The monoisotopic (exact) mass is 526 g/mol. The summed E-state index contributed by atoms with van der Waals surface area (Å²) in [6.45, 7) is 1.83. The van der Waals surface area contributed by atoms with E-state index < -0.39 is 15.4 Å². The summed E-state index contributed by atoms with van der Waals surface area (Å²) in [5.74, 6) is 1.36. The van der Waals surface area contributed by atoms with Crippen LogP contribution < -0.4 is 24.8 Å². The Bertz CT molecular complexity index is 1460. The fourth-order valence-corrected chi connectivity index (χ4v) is 5.21. The van der Waals surface area contributed by atoms with E-state index in [1.54, 1.807) is 30.3 Å². The van der Waals surface area contributed by atoms with Crippen molar-refractivity contribution in [3.05, 3.63) is 66.2 Å². The number of carbonyl (C=O) groups is 2. The Kier molecular flexibility index (Phi) is 6.57. The molecule has 3 aromatic rings. The number of amides is 2. The van der Waals surface area contributed by atoms with E-state index in [1.807, 2.05) is 18.2 Å². The van der Waals surface area contributed by atoms with Crippen LogP contribution in [0.4, 0.5) is 5.82 Å². The second-order valence-electron chi connectivity index (χ2n) is 8.92. The van der Waals surface area contributed by atoms with Crippen LogP contribution in [0.15, 0.2) is 65.6 Å². The van der Waals surface area contributed by atoms with Gasteiger partial charge in [0, 0.05) is 28.4 Å². The van der Waals surface area contributed by atoms with Gasteiger partial charge in [-0.15, -0.1) is 0 Å². The third kappa shape index (κ3) is 5.27. The van der Waals surface area contributed by atoms with Crippen LogP contribution in [0.1, 0.15) is 28.2 Å². The lowest BCUT2D eigenvalue weighted by molar-refractivity contribution is -0.119. The molecule has 5 rings (SSSR count).